The van der Waals surface area contributed by atoms with Crippen molar-refractivity contribution in [2.24, 2.45) is 0 Å². The van der Waals surface area contributed by atoms with Gasteiger partial charge in [0.15, 0.2) is 0 Å². The lowest BCUT2D eigenvalue weighted by molar-refractivity contribution is -0.0268. The first-order valence-corrected chi connectivity index (χ1v) is 2.67. The molecule has 0 saturated carbocycles. The van der Waals surface area contributed by atoms with E-state index in [0.29, 0.717) is 0 Å². The molecule has 0 radical (unpaired) electrons. The van der Waals surface area contributed by atoms with E-state index in [1.165, 1.54) is 0 Å². The Bertz CT molecular complexity index is 60.6. The van der Waals surface area contributed by atoms with Crippen molar-refractivity contribution in [2.45, 2.75) is 0 Å². The van der Waals surface area contributed by atoms with Crippen LogP contribution >= 0.6 is 0 Å². The highest BCUT2D eigenvalue weighted by atomic mass is 16.5. The Morgan fingerprint density at radius 3 is 1.00 bits per heavy atom. The Kier molecular flexibility index (Phi) is 11.9. The number of nitrogens with zero attached hydrogens (tertiary/aromatic N) is 1. The normalized spacial score (nSPS) is 9.00. The van der Waals surface area contributed by atoms with Crippen molar-refractivity contribution >= 4 is 7.32 Å². The van der Waals surface area contributed by atoms with Crippen LogP contribution in [0.1, 0.15) is 0 Å². The van der Waals surface area contributed by atoms with Gasteiger partial charge in [-0.25, -0.2) is 4.90 Å². The molecule has 0 aromatic rings. The lowest BCUT2D eigenvalue weighted by atomic mass is 10.3. The molecule has 0 aliphatic heterocycles. The summed E-state index contributed by atoms with van der Waals surface area (Å²) in [6, 6.07) is 0. The van der Waals surface area contributed by atoms with Crippen molar-refractivity contribution in [2.75, 3.05) is 20.2 Å². The average molecular weight is 169 g/mol. The van der Waals surface area contributed by atoms with Gasteiger partial charge in [0.2, 0.25) is 0 Å². The summed E-state index contributed by atoms with van der Waals surface area (Å²) in [5.74, 6) is 0. The maximum Gasteiger partial charge on any atom is 0.631 e. The molecule has 8 heteroatoms. The molecule has 0 unspecified atom stereocenters. The van der Waals surface area contributed by atoms with E-state index in [-0.39, 0.29) is 20.2 Å². The molecular weight excluding hydrogens is 157 g/mol. The summed E-state index contributed by atoms with van der Waals surface area (Å²) in [7, 11) is -2.17. The molecule has 0 aliphatic carbocycles. The smallest absolute Gasteiger partial charge is 0.402 e. The van der Waals surface area contributed by atoms with E-state index < -0.39 is 7.32 Å². The molecule has 0 spiro atoms. The van der Waals surface area contributed by atoms with Crippen LogP contribution in [-0.4, -0.2) is 62.8 Å². The van der Waals surface area contributed by atoms with E-state index >= 15 is 0 Å². The number of hydrogen-bond donors (Lipinski definition) is 6. The summed E-state index contributed by atoms with van der Waals surface area (Å²) in [6.07, 6.45) is 0. The van der Waals surface area contributed by atoms with Crippen LogP contribution in [0.3, 0.4) is 0 Å². The molecule has 0 saturated heterocycles. The van der Waals surface area contributed by atoms with Crippen LogP contribution in [-0.2, 0) is 0 Å². The van der Waals surface area contributed by atoms with Crippen LogP contribution in [0.15, 0.2) is 0 Å². The van der Waals surface area contributed by atoms with Gasteiger partial charge in [-0.1, -0.05) is 0 Å². The molecule has 0 amide bonds. The van der Waals surface area contributed by atoms with Crippen molar-refractivity contribution in [3.63, 3.8) is 0 Å². The molecule has 68 valence electrons. The Morgan fingerprint density at radius 1 is 0.818 bits per heavy atom. The average Bonchev–Trinajstić information content (AvgIpc) is 1.90. The molecule has 0 heterocycles. The van der Waals surface area contributed by atoms with Crippen LogP contribution in [0, 0.1) is 0 Å². The maximum absolute atomic E-state index is 8.13. The highest BCUT2D eigenvalue weighted by Crippen LogP contribution is 1.75. The third-order valence-corrected chi connectivity index (χ3v) is 0.600. The zero-order valence-electron chi connectivity index (χ0n) is 5.83. The van der Waals surface area contributed by atoms with E-state index in [1.807, 2.05) is 0 Å². The summed E-state index contributed by atoms with van der Waals surface area (Å²) in [4.78, 5) is 1.04. The molecule has 0 aliphatic rings. The molecule has 0 fully saturated rings. The second-order valence-corrected chi connectivity index (χ2v) is 1.44. The second kappa shape index (κ2) is 9.78. The van der Waals surface area contributed by atoms with Gasteiger partial charge < -0.3 is 30.4 Å². The number of aliphatic hydroxyl groups excluding tert-OH is 3. The lowest BCUT2D eigenvalue weighted by Gasteiger charge is -2.09. The Labute approximate surface area is 63.9 Å². The van der Waals surface area contributed by atoms with E-state index in [2.05, 4.69) is 0 Å². The molecule has 0 aromatic heterocycles. The van der Waals surface area contributed by atoms with Crippen molar-refractivity contribution in [1.29, 1.82) is 0 Å². The van der Waals surface area contributed by atoms with Gasteiger partial charge in [-0.05, 0) is 0 Å². The zero-order chi connectivity index (χ0) is 9.28. The van der Waals surface area contributed by atoms with E-state index in [9.17, 15) is 0 Å². The molecular formula is C3H12BNO6. The first-order chi connectivity index (χ1) is 5.08. The monoisotopic (exact) mass is 169 g/mol. The first kappa shape index (κ1) is 13.4. The van der Waals surface area contributed by atoms with Gasteiger partial charge in [0, 0.05) is 0 Å². The standard InChI is InChI=1S/C3H9NO3.BH3O3/c5-1-4(2-6)3-7;2-1(3)4/h5-7H,1-3H2;2-4H. The Morgan fingerprint density at radius 2 is 1.00 bits per heavy atom. The van der Waals surface area contributed by atoms with Crippen LogP contribution in [0.2, 0.25) is 0 Å². The number of rotatable bonds is 3. The highest BCUT2D eigenvalue weighted by molar-refractivity contribution is 6.30. The van der Waals surface area contributed by atoms with Crippen LogP contribution < -0.4 is 0 Å². The molecule has 0 rings (SSSR count). The van der Waals surface area contributed by atoms with Gasteiger partial charge in [-0.2, -0.15) is 0 Å². The van der Waals surface area contributed by atoms with Gasteiger partial charge >= 0.3 is 7.32 Å². The van der Waals surface area contributed by atoms with E-state index in [0.717, 1.165) is 4.90 Å². The van der Waals surface area contributed by atoms with Crippen molar-refractivity contribution < 1.29 is 30.4 Å². The fourth-order valence-electron chi connectivity index (χ4n) is 0.134. The predicted octanol–water partition coefficient (Wildman–Crippen LogP) is -3.91. The van der Waals surface area contributed by atoms with Crippen LogP contribution in [0.4, 0.5) is 0 Å². The molecule has 6 N–H and O–H groups in total. The molecule has 0 atom stereocenters. The van der Waals surface area contributed by atoms with E-state index in [4.69, 9.17) is 30.4 Å². The summed E-state index contributed by atoms with van der Waals surface area (Å²) in [6.45, 7) is -0.938. The van der Waals surface area contributed by atoms with Gasteiger partial charge in [-0.3, -0.25) is 0 Å². The number of aliphatic hydroxyl groups is 3. The molecule has 7 nitrogen and oxygen atoms in total. The molecule has 0 aromatic carbocycles. The third-order valence-electron chi connectivity index (χ3n) is 0.600. The third kappa shape index (κ3) is 17.7. The first-order valence-electron chi connectivity index (χ1n) is 2.67. The zero-order valence-corrected chi connectivity index (χ0v) is 5.83. The minimum atomic E-state index is -2.17. The maximum atomic E-state index is 8.13. The number of hydrogen-bond acceptors (Lipinski definition) is 7. The minimum absolute atomic E-state index is 0.312. The largest absolute Gasteiger partial charge is 0.631 e. The summed E-state index contributed by atoms with van der Waals surface area (Å²) >= 11 is 0. The Balaban J connectivity index is 0. The molecule has 0 bridgehead atoms. The quantitative estimate of drug-likeness (QED) is 0.188. The summed E-state index contributed by atoms with van der Waals surface area (Å²) < 4.78 is 0. The SMILES string of the molecule is OB(O)O.OCN(CO)CO. The van der Waals surface area contributed by atoms with Crippen LogP contribution in [0.5, 0.6) is 0 Å². The van der Waals surface area contributed by atoms with Crippen molar-refractivity contribution in [1.82, 2.24) is 4.90 Å². The summed E-state index contributed by atoms with van der Waals surface area (Å²) in [5.41, 5.74) is 0. The predicted molar refractivity (Wildman–Crippen MR) is 35.5 cm³/mol. The highest BCUT2D eigenvalue weighted by Gasteiger charge is 1.93. The topological polar surface area (TPSA) is 125 Å². The van der Waals surface area contributed by atoms with Gasteiger partial charge in [0.1, 0.15) is 0 Å². The second-order valence-electron chi connectivity index (χ2n) is 1.44. The minimum Gasteiger partial charge on any atom is -0.402 e. The fraction of sp³-hybridized carbons (Fsp3) is 1.00. The Hall–Kier alpha value is -0.215. The lowest BCUT2D eigenvalue weighted by Crippen LogP contribution is -2.26. The van der Waals surface area contributed by atoms with E-state index in [1.54, 1.807) is 0 Å². The van der Waals surface area contributed by atoms with Gasteiger partial charge in [0.05, 0.1) is 20.2 Å². The van der Waals surface area contributed by atoms with Crippen molar-refractivity contribution in [3.05, 3.63) is 0 Å². The molecule has 11 heavy (non-hydrogen) atoms. The van der Waals surface area contributed by atoms with Crippen molar-refractivity contribution in [3.8, 4) is 0 Å². The fourth-order valence-corrected chi connectivity index (χ4v) is 0.134. The van der Waals surface area contributed by atoms with Gasteiger partial charge in [0.25, 0.3) is 0 Å². The van der Waals surface area contributed by atoms with Crippen LogP contribution in [0.25, 0.3) is 0 Å². The summed E-state index contributed by atoms with van der Waals surface area (Å²) in [5, 5.41) is 45.9. The van der Waals surface area contributed by atoms with Gasteiger partial charge in [-0.15, -0.1) is 0 Å².